The molecule has 0 radical (unpaired) electrons. The van der Waals surface area contributed by atoms with Crippen LogP contribution < -0.4 is 0 Å². The van der Waals surface area contributed by atoms with E-state index < -0.39 is 5.97 Å². The van der Waals surface area contributed by atoms with E-state index >= 15 is 0 Å². The Morgan fingerprint density at radius 3 is 2.22 bits per heavy atom. The van der Waals surface area contributed by atoms with Crippen molar-refractivity contribution in [2.24, 2.45) is 0 Å². The van der Waals surface area contributed by atoms with Crippen LogP contribution in [0.3, 0.4) is 0 Å². The van der Waals surface area contributed by atoms with Crippen molar-refractivity contribution in [1.82, 2.24) is 14.7 Å². The van der Waals surface area contributed by atoms with E-state index in [9.17, 15) is 9.59 Å². The summed E-state index contributed by atoms with van der Waals surface area (Å²) in [7, 11) is 0. The van der Waals surface area contributed by atoms with Crippen molar-refractivity contribution in [1.29, 1.82) is 0 Å². The number of rotatable bonds is 7. The SMILES string of the molecule is O=C(O)CCN1C(=O)C(=Cc2ccc(-n3nc(-c4ccccc4)cc3-c3ccccc3)cc2)SC1=S. The molecule has 1 aliphatic rings. The number of thiocarbonyl (C=S) groups is 1. The Bertz CT molecular complexity index is 1460. The number of benzene rings is 3. The number of aromatic nitrogens is 2. The van der Waals surface area contributed by atoms with Crippen LogP contribution >= 0.6 is 24.0 Å². The van der Waals surface area contributed by atoms with E-state index in [1.54, 1.807) is 6.08 Å². The number of hydrogen-bond donors (Lipinski definition) is 1. The van der Waals surface area contributed by atoms with Crippen LogP contribution in [-0.2, 0) is 9.59 Å². The minimum absolute atomic E-state index is 0.0710. The Morgan fingerprint density at radius 2 is 1.58 bits per heavy atom. The zero-order chi connectivity index (χ0) is 25.1. The number of carboxylic acids is 1. The molecule has 8 heteroatoms. The van der Waals surface area contributed by atoms with Gasteiger partial charge in [0, 0.05) is 17.7 Å². The van der Waals surface area contributed by atoms with Gasteiger partial charge in [-0.2, -0.15) is 5.10 Å². The Kier molecular flexibility index (Phi) is 6.79. The molecule has 3 aromatic carbocycles. The molecule has 2 heterocycles. The smallest absolute Gasteiger partial charge is 0.305 e. The molecule has 178 valence electrons. The summed E-state index contributed by atoms with van der Waals surface area (Å²) in [5.74, 6) is -1.23. The summed E-state index contributed by atoms with van der Waals surface area (Å²) in [6, 6.07) is 30.0. The minimum atomic E-state index is -0.965. The lowest BCUT2D eigenvalue weighted by molar-refractivity contribution is -0.137. The third-order valence-electron chi connectivity index (χ3n) is 5.71. The lowest BCUT2D eigenvalue weighted by atomic mass is 10.1. The molecule has 1 saturated heterocycles. The number of amides is 1. The maximum absolute atomic E-state index is 12.7. The molecule has 5 rings (SSSR count). The first-order valence-electron chi connectivity index (χ1n) is 11.3. The lowest BCUT2D eigenvalue weighted by Crippen LogP contribution is -2.30. The van der Waals surface area contributed by atoms with Crippen LogP contribution in [-0.4, -0.2) is 42.5 Å². The highest BCUT2D eigenvalue weighted by molar-refractivity contribution is 8.26. The van der Waals surface area contributed by atoms with Crippen LogP contribution in [0.1, 0.15) is 12.0 Å². The van der Waals surface area contributed by atoms with Crippen LogP contribution in [0.5, 0.6) is 0 Å². The van der Waals surface area contributed by atoms with Crippen molar-refractivity contribution in [3.63, 3.8) is 0 Å². The third-order valence-corrected chi connectivity index (χ3v) is 7.08. The van der Waals surface area contributed by atoms with Crippen molar-refractivity contribution in [2.75, 3.05) is 6.54 Å². The molecule has 1 fully saturated rings. The molecule has 36 heavy (non-hydrogen) atoms. The van der Waals surface area contributed by atoms with Crippen molar-refractivity contribution in [2.45, 2.75) is 6.42 Å². The number of carboxylic acid groups (broad SMARTS) is 1. The van der Waals surface area contributed by atoms with Crippen LogP contribution in [0.4, 0.5) is 0 Å². The second kappa shape index (κ2) is 10.3. The lowest BCUT2D eigenvalue weighted by Gasteiger charge is -2.12. The minimum Gasteiger partial charge on any atom is -0.481 e. The molecule has 0 spiro atoms. The molecule has 1 aromatic heterocycles. The molecule has 1 N–H and O–H groups in total. The van der Waals surface area contributed by atoms with Crippen molar-refractivity contribution in [3.05, 3.63) is 101 Å². The highest BCUT2D eigenvalue weighted by atomic mass is 32.2. The fourth-order valence-corrected chi connectivity index (χ4v) is 5.21. The van der Waals surface area contributed by atoms with Crippen molar-refractivity contribution in [3.8, 4) is 28.2 Å². The number of nitrogens with zero attached hydrogens (tertiary/aromatic N) is 3. The molecular weight excluding hydrogens is 490 g/mol. The monoisotopic (exact) mass is 511 g/mol. The molecule has 0 saturated carbocycles. The summed E-state index contributed by atoms with van der Waals surface area (Å²) >= 11 is 6.46. The number of carbonyl (C=O) groups is 2. The van der Waals surface area contributed by atoms with E-state index in [1.165, 1.54) is 16.7 Å². The first-order valence-corrected chi connectivity index (χ1v) is 12.5. The Hall–Kier alpha value is -4.01. The van der Waals surface area contributed by atoms with Gasteiger partial charge in [0.05, 0.1) is 28.4 Å². The molecule has 1 amide bonds. The number of hydrogen-bond acceptors (Lipinski definition) is 5. The molecular formula is C28H21N3O3S2. The highest BCUT2D eigenvalue weighted by Gasteiger charge is 2.32. The molecule has 0 aliphatic carbocycles. The van der Waals surface area contributed by atoms with E-state index in [2.05, 4.69) is 18.2 Å². The summed E-state index contributed by atoms with van der Waals surface area (Å²) in [5.41, 5.74) is 5.68. The van der Waals surface area contributed by atoms with Gasteiger partial charge < -0.3 is 5.11 Å². The van der Waals surface area contributed by atoms with Gasteiger partial charge in [0.25, 0.3) is 5.91 Å². The second-order valence-electron chi connectivity index (χ2n) is 8.13. The first-order chi connectivity index (χ1) is 17.5. The topological polar surface area (TPSA) is 75.4 Å². The summed E-state index contributed by atoms with van der Waals surface area (Å²) in [5, 5.41) is 13.8. The van der Waals surface area contributed by atoms with Gasteiger partial charge in [-0.05, 0) is 29.8 Å². The second-order valence-corrected chi connectivity index (χ2v) is 9.80. The standard InChI is InChI=1S/C28H21N3O3S2/c32-26(33)15-16-30-27(34)25(36-28(30)35)17-19-11-13-22(14-12-19)31-24(21-9-5-2-6-10-21)18-23(29-31)20-7-3-1-4-8-20/h1-14,17-18H,15-16H2,(H,32,33). The molecule has 0 unspecified atom stereocenters. The first kappa shape index (κ1) is 23.7. The van der Waals surface area contributed by atoms with Gasteiger partial charge in [0.1, 0.15) is 4.32 Å². The summed E-state index contributed by atoms with van der Waals surface area (Å²) in [6.45, 7) is 0.0710. The molecule has 1 aliphatic heterocycles. The van der Waals surface area contributed by atoms with E-state index in [1.807, 2.05) is 77.5 Å². The maximum Gasteiger partial charge on any atom is 0.305 e. The molecule has 0 bridgehead atoms. The van der Waals surface area contributed by atoms with Gasteiger partial charge >= 0.3 is 5.97 Å². The molecule has 6 nitrogen and oxygen atoms in total. The largest absolute Gasteiger partial charge is 0.481 e. The molecule has 4 aromatic rings. The number of aliphatic carboxylic acids is 1. The zero-order valence-electron chi connectivity index (χ0n) is 19.1. The average Bonchev–Trinajstić information content (AvgIpc) is 3.45. The Labute approximate surface area is 217 Å². The van der Waals surface area contributed by atoms with Crippen LogP contribution in [0.25, 0.3) is 34.3 Å². The fourth-order valence-electron chi connectivity index (χ4n) is 3.91. The molecule has 0 atom stereocenters. The Balaban J connectivity index is 1.45. The average molecular weight is 512 g/mol. The van der Waals surface area contributed by atoms with Crippen LogP contribution in [0.2, 0.25) is 0 Å². The van der Waals surface area contributed by atoms with Gasteiger partial charge in [-0.15, -0.1) is 0 Å². The summed E-state index contributed by atoms with van der Waals surface area (Å²) in [6.07, 6.45) is 1.63. The van der Waals surface area contributed by atoms with Gasteiger partial charge in [-0.1, -0.05) is 96.8 Å². The van der Waals surface area contributed by atoms with Crippen molar-refractivity contribution >= 4 is 46.3 Å². The quantitative estimate of drug-likeness (QED) is 0.247. The van der Waals surface area contributed by atoms with Crippen molar-refractivity contribution < 1.29 is 14.7 Å². The summed E-state index contributed by atoms with van der Waals surface area (Å²) < 4.78 is 2.30. The number of carbonyl (C=O) groups excluding carboxylic acids is 1. The highest BCUT2D eigenvalue weighted by Crippen LogP contribution is 2.33. The van der Waals surface area contributed by atoms with Crippen LogP contribution in [0.15, 0.2) is 95.9 Å². The fraction of sp³-hybridized carbons (Fsp3) is 0.0714. The third kappa shape index (κ3) is 5.00. The number of thioether (sulfide) groups is 1. The predicted molar refractivity (Wildman–Crippen MR) is 147 cm³/mol. The van der Waals surface area contributed by atoms with Gasteiger partial charge in [-0.25, -0.2) is 4.68 Å². The normalized spacial score (nSPS) is 14.6. The van der Waals surface area contributed by atoms with E-state index in [0.29, 0.717) is 9.23 Å². The maximum atomic E-state index is 12.7. The van der Waals surface area contributed by atoms with E-state index in [4.69, 9.17) is 22.4 Å². The Morgan fingerprint density at radius 1 is 0.944 bits per heavy atom. The van der Waals surface area contributed by atoms with Gasteiger partial charge in [0.2, 0.25) is 0 Å². The summed E-state index contributed by atoms with van der Waals surface area (Å²) in [4.78, 5) is 25.4. The van der Waals surface area contributed by atoms with E-state index in [-0.39, 0.29) is 18.9 Å². The predicted octanol–water partition coefficient (Wildman–Crippen LogP) is 5.88. The zero-order valence-corrected chi connectivity index (χ0v) is 20.7. The van der Waals surface area contributed by atoms with Gasteiger partial charge in [0.15, 0.2) is 0 Å². The van der Waals surface area contributed by atoms with E-state index in [0.717, 1.165) is 33.8 Å². The van der Waals surface area contributed by atoms with Gasteiger partial charge in [-0.3, -0.25) is 14.5 Å². The van der Waals surface area contributed by atoms with Crippen LogP contribution in [0, 0.1) is 0 Å².